The molecule has 1 fully saturated rings. The van der Waals surface area contributed by atoms with Crippen LogP contribution in [0.25, 0.3) is 0 Å². The minimum Gasteiger partial charge on any atom is -0.488 e. The number of rotatable bonds is 8. The molecule has 2 atom stereocenters. The number of nitrogens with zero attached hydrogens (tertiary/aromatic N) is 2. The number of aryl methyl sites for hydroxylation is 5. The monoisotopic (exact) mass is 747 g/mol. The van der Waals surface area contributed by atoms with Gasteiger partial charge in [0.15, 0.2) is 0 Å². The summed E-state index contributed by atoms with van der Waals surface area (Å²) in [6, 6.07) is 35.2. The average Bonchev–Trinajstić information content (AvgIpc) is 3.71. The fraction of sp³-hybridized carbons (Fsp3) is 0.434. The van der Waals surface area contributed by atoms with E-state index in [2.05, 4.69) is 191 Å². The lowest BCUT2D eigenvalue weighted by Gasteiger charge is -2.37. The Morgan fingerprint density at radius 1 is 0.643 bits per heavy atom. The standard InChI is InChI=1S/C53H66N2O/c1-14-39-31-48-46(33-47(39)53(13)25-15-16-26-53)50(38(6)56-48)55(49-36(4)27-34(2)28-37(49)5)45-30-35(3)29-44(32-45)54(42-21-17-40(18-22-42)51(7,8)9)43-23-19-41(20-24-43)52(10,11)12/h17-24,27-33,38,50H,14-16,25-26H2,1-13H3. The summed E-state index contributed by atoms with van der Waals surface area (Å²) in [6.45, 7) is 29.8. The molecule has 1 aliphatic heterocycles. The molecule has 3 heteroatoms. The Bertz CT molecular complexity index is 2130. The fourth-order valence-corrected chi connectivity index (χ4v) is 9.78. The van der Waals surface area contributed by atoms with Gasteiger partial charge >= 0.3 is 0 Å². The highest BCUT2D eigenvalue weighted by atomic mass is 16.5. The predicted molar refractivity (Wildman–Crippen MR) is 241 cm³/mol. The van der Waals surface area contributed by atoms with Gasteiger partial charge in [0, 0.05) is 34.0 Å². The lowest BCUT2D eigenvalue weighted by atomic mass is 9.76. The van der Waals surface area contributed by atoms with Crippen LogP contribution in [0.4, 0.5) is 28.4 Å². The van der Waals surface area contributed by atoms with Gasteiger partial charge in [-0.2, -0.15) is 0 Å². The second-order valence-corrected chi connectivity index (χ2v) is 19.5. The van der Waals surface area contributed by atoms with E-state index < -0.39 is 0 Å². The molecule has 1 heterocycles. The summed E-state index contributed by atoms with van der Waals surface area (Å²) in [5.41, 5.74) is 18.3. The zero-order chi connectivity index (χ0) is 40.3. The Balaban J connectivity index is 1.45. The Labute approximate surface area is 339 Å². The van der Waals surface area contributed by atoms with E-state index in [9.17, 15) is 0 Å². The van der Waals surface area contributed by atoms with Gasteiger partial charge in [-0.05, 0) is 164 Å². The first-order valence-electron chi connectivity index (χ1n) is 21.2. The van der Waals surface area contributed by atoms with Crippen LogP contribution in [0.15, 0.2) is 91.0 Å². The Morgan fingerprint density at radius 2 is 1.14 bits per heavy atom. The normalized spacial score (nSPS) is 17.8. The van der Waals surface area contributed by atoms with Gasteiger partial charge in [0.25, 0.3) is 0 Å². The molecule has 1 aliphatic carbocycles. The summed E-state index contributed by atoms with van der Waals surface area (Å²) in [4.78, 5) is 5.07. The maximum Gasteiger partial charge on any atom is 0.125 e. The molecule has 5 aromatic rings. The smallest absolute Gasteiger partial charge is 0.125 e. The molecule has 0 saturated heterocycles. The highest BCUT2D eigenvalue weighted by Crippen LogP contribution is 2.52. The summed E-state index contributed by atoms with van der Waals surface area (Å²) in [5, 5.41) is 0. The Morgan fingerprint density at radius 3 is 1.64 bits per heavy atom. The number of fused-ring (bicyclic) bond motifs is 1. The average molecular weight is 747 g/mol. The van der Waals surface area contributed by atoms with Crippen LogP contribution < -0.4 is 14.5 Å². The highest BCUT2D eigenvalue weighted by Gasteiger charge is 2.41. The quantitative estimate of drug-likeness (QED) is 0.157. The molecule has 0 aromatic heterocycles. The molecule has 0 N–H and O–H groups in total. The summed E-state index contributed by atoms with van der Waals surface area (Å²) < 4.78 is 6.91. The van der Waals surface area contributed by atoms with E-state index in [1.165, 1.54) is 87.1 Å². The van der Waals surface area contributed by atoms with Crippen LogP contribution >= 0.6 is 0 Å². The van der Waals surface area contributed by atoms with Gasteiger partial charge in [-0.3, -0.25) is 0 Å². The van der Waals surface area contributed by atoms with Gasteiger partial charge in [-0.25, -0.2) is 0 Å². The van der Waals surface area contributed by atoms with Crippen molar-refractivity contribution in [1.29, 1.82) is 0 Å². The van der Waals surface area contributed by atoms with E-state index in [-0.39, 0.29) is 28.4 Å². The van der Waals surface area contributed by atoms with E-state index in [0.717, 1.165) is 29.2 Å². The number of hydrogen-bond acceptors (Lipinski definition) is 3. The summed E-state index contributed by atoms with van der Waals surface area (Å²) >= 11 is 0. The van der Waals surface area contributed by atoms with E-state index in [1.54, 1.807) is 0 Å². The Hall–Kier alpha value is -4.50. The number of hydrogen-bond donors (Lipinski definition) is 0. The second kappa shape index (κ2) is 14.8. The van der Waals surface area contributed by atoms with E-state index in [1.807, 2.05) is 0 Å². The third kappa shape index (κ3) is 7.51. The molecule has 56 heavy (non-hydrogen) atoms. The molecule has 0 amide bonds. The van der Waals surface area contributed by atoms with Crippen LogP contribution in [0.2, 0.25) is 0 Å². The second-order valence-electron chi connectivity index (χ2n) is 19.5. The Kier molecular flexibility index (Phi) is 10.5. The van der Waals surface area contributed by atoms with Crippen molar-refractivity contribution in [1.82, 2.24) is 0 Å². The first kappa shape index (κ1) is 39.7. The highest BCUT2D eigenvalue weighted by molar-refractivity contribution is 5.82. The molecular formula is C53H66N2O. The lowest BCUT2D eigenvalue weighted by molar-refractivity contribution is 0.227. The van der Waals surface area contributed by atoms with Gasteiger partial charge in [0.2, 0.25) is 0 Å². The molecule has 1 saturated carbocycles. The van der Waals surface area contributed by atoms with E-state index >= 15 is 0 Å². The molecule has 0 radical (unpaired) electrons. The molecule has 3 nitrogen and oxygen atoms in total. The van der Waals surface area contributed by atoms with Crippen LogP contribution in [0.5, 0.6) is 5.75 Å². The number of ether oxygens (including phenoxy) is 1. The van der Waals surface area contributed by atoms with Crippen LogP contribution in [-0.4, -0.2) is 6.10 Å². The first-order valence-corrected chi connectivity index (χ1v) is 21.2. The lowest BCUT2D eigenvalue weighted by Crippen LogP contribution is -2.32. The van der Waals surface area contributed by atoms with Gasteiger partial charge < -0.3 is 14.5 Å². The zero-order valence-electron chi connectivity index (χ0n) is 36.7. The van der Waals surface area contributed by atoms with E-state index in [4.69, 9.17) is 4.74 Å². The molecule has 5 aromatic carbocycles. The van der Waals surface area contributed by atoms with Crippen molar-refractivity contribution in [2.45, 2.75) is 151 Å². The first-order chi connectivity index (χ1) is 26.4. The summed E-state index contributed by atoms with van der Waals surface area (Å²) in [6.07, 6.45) is 6.10. The maximum absolute atomic E-state index is 6.91. The molecule has 294 valence electrons. The fourth-order valence-electron chi connectivity index (χ4n) is 9.78. The topological polar surface area (TPSA) is 15.7 Å². The largest absolute Gasteiger partial charge is 0.488 e. The van der Waals surface area contributed by atoms with Crippen LogP contribution in [0.1, 0.15) is 144 Å². The third-order valence-electron chi connectivity index (χ3n) is 12.8. The van der Waals surface area contributed by atoms with Gasteiger partial charge in [0.05, 0.1) is 6.04 Å². The summed E-state index contributed by atoms with van der Waals surface area (Å²) in [5.74, 6) is 1.05. The SMILES string of the molecule is CCc1cc2c(cc1C1(C)CCCC1)C(N(c1cc(C)cc(N(c3ccc(C(C)(C)C)cc3)c3ccc(C(C)(C)C)cc3)c1)c1c(C)cc(C)cc1C)C(C)O2. The number of benzene rings is 5. The van der Waals surface area contributed by atoms with Gasteiger partial charge in [-0.1, -0.05) is 110 Å². The molecule has 0 bridgehead atoms. The molecule has 2 unspecified atom stereocenters. The van der Waals surface area contributed by atoms with Crippen molar-refractivity contribution in [3.8, 4) is 5.75 Å². The van der Waals surface area contributed by atoms with Crippen molar-refractivity contribution >= 4 is 28.4 Å². The van der Waals surface area contributed by atoms with Crippen molar-refractivity contribution in [2.75, 3.05) is 9.80 Å². The minimum absolute atomic E-state index is 0.00000322. The summed E-state index contributed by atoms with van der Waals surface area (Å²) in [7, 11) is 0. The van der Waals surface area contributed by atoms with E-state index in [0.29, 0.717) is 0 Å². The molecular weight excluding hydrogens is 681 g/mol. The predicted octanol–water partition coefficient (Wildman–Crippen LogP) is 15.0. The van der Waals surface area contributed by atoms with Crippen molar-refractivity contribution in [3.63, 3.8) is 0 Å². The molecule has 0 spiro atoms. The van der Waals surface area contributed by atoms with Gasteiger partial charge in [-0.15, -0.1) is 0 Å². The van der Waals surface area contributed by atoms with Gasteiger partial charge in [0.1, 0.15) is 11.9 Å². The molecule has 7 rings (SSSR count). The number of anilines is 5. The van der Waals surface area contributed by atoms with Crippen molar-refractivity contribution < 1.29 is 4.74 Å². The van der Waals surface area contributed by atoms with Crippen LogP contribution in [-0.2, 0) is 22.7 Å². The maximum atomic E-state index is 6.91. The van der Waals surface area contributed by atoms with Crippen molar-refractivity contribution in [3.05, 3.63) is 141 Å². The van der Waals surface area contributed by atoms with Crippen LogP contribution in [0.3, 0.4) is 0 Å². The van der Waals surface area contributed by atoms with Crippen molar-refractivity contribution in [2.24, 2.45) is 0 Å². The minimum atomic E-state index is -0.0450. The molecule has 2 aliphatic rings. The van der Waals surface area contributed by atoms with Crippen LogP contribution in [0, 0.1) is 27.7 Å². The zero-order valence-corrected chi connectivity index (χ0v) is 36.7. The third-order valence-corrected chi connectivity index (χ3v) is 12.8.